The van der Waals surface area contributed by atoms with E-state index >= 15 is 0 Å². The van der Waals surface area contributed by atoms with Crippen molar-refractivity contribution in [3.8, 4) is 0 Å². The lowest BCUT2D eigenvalue weighted by atomic mass is 9.84. The first-order chi connectivity index (χ1) is 12.1. The summed E-state index contributed by atoms with van der Waals surface area (Å²) in [6.07, 6.45) is 0. The standard InChI is InChI=1S/C21H18F2OS/c1-2-25(24)21(16-6-4-3-5-7-16,17-8-12-19(22)13-9-17)18-10-14-20(23)15-11-18/h3-15H,2H2,1H3. The van der Waals surface area contributed by atoms with E-state index in [1.807, 2.05) is 37.3 Å². The molecule has 0 spiro atoms. The van der Waals surface area contributed by atoms with Crippen molar-refractivity contribution >= 4 is 11.2 Å². The Morgan fingerprint density at radius 3 is 1.52 bits per heavy atom. The van der Waals surface area contributed by atoms with Crippen LogP contribution in [0.4, 0.5) is 8.78 Å². The van der Waals surface area contributed by atoms with Crippen LogP contribution >= 0.6 is 0 Å². The molecule has 0 aromatic heterocycles. The van der Waals surface area contributed by atoms with Gasteiger partial charge in [-0.15, -0.1) is 0 Å². The molecule has 0 bridgehead atoms. The summed E-state index contributed by atoms with van der Waals surface area (Å²) in [6.45, 7) is 1.85. The molecule has 0 aliphatic carbocycles. The molecule has 0 amide bonds. The highest BCUT2D eigenvalue weighted by Crippen LogP contribution is 2.44. The molecule has 3 aromatic rings. The normalized spacial score (nSPS) is 12.8. The number of hydrogen-bond acceptors (Lipinski definition) is 1. The Balaban J connectivity index is 2.35. The van der Waals surface area contributed by atoms with Gasteiger partial charge in [-0.2, -0.15) is 0 Å². The fourth-order valence-electron chi connectivity index (χ4n) is 3.15. The maximum absolute atomic E-state index is 13.5. The molecule has 1 atom stereocenters. The van der Waals surface area contributed by atoms with E-state index in [-0.39, 0.29) is 11.6 Å². The van der Waals surface area contributed by atoms with Crippen LogP contribution in [0.1, 0.15) is 23.6 Å². The van der Waals surface area contributed by atoms with E-state index in [0.29, 0.717) is 16.9 Å². The van der Waals surface area contributed by atoms with Crippen LogP contribution in [0.3, 0.4) is 0 Å². The van der Waals surface area contributed by atoms with Crippen LogP contribution < -0.4 is 0 Å². The van der Waals surface area contributed by atoms with Crippen molar-refractivity contribution < 1.29 is 13.3 Å². The minimum atomic E-state index is -1.33. The number of halogens is 2. The van der Waals surface area contributed by atoms with Gasteiger partial charge in [0.25, 0.3) is 0 Å². The molecule has 0 saturated heterocycles. The molecule has 1 nitrogen and oxygen atoms in total. The SMILES string of the molecule is CC[S+]([O-])C(c1ccccc1)(c1ccc(F)cc1)c1ccc(F)cc1. The van der Waals surface area contributed by atoms with Crippen molar-refractivity contribution in [2.24, 2.45) is 0 Å². The third kappa shape index (κ3) is 3.20. The van der Waals surface area contributed by atoms with Crippen molar-refractivity contribution in [3.63, 3.8) is 0 Å². The van der Waals surface area contributed by atoms with Crippen molar-refractivity contribution in [1.29, 1.82) is 0 Å². The maximum Gasteiger partial charge on any atom is 0.200 e. The van der Waals surface area contributed by atoms with E-state index in [4.69, 9.17) is 0 Å². The van der Waals surface area contributed by atoms with Gasteiger partial charge in [0.15, 0.2) is 0 Å². The summed E-state index contributed by atoms with van der Waals surface area (Å²) in [5.74, 6) is -0.303. The molecule has 3 rings (SSSR count). The Kier molecular flexibility index (Phi) is 5.21. The van der Waals surface area contributed by atoms with Gasteiger partial charge in [-0.05, 0) is 42.4 Å². The van der Waals surface area contributed by atoms with Crippen LogP contribution in [0.15, 0.2) is 78.9 Å². The highest BCUT2D eigenvalue weighted by atomic mass is 32.2. The highest BCUT2D eigenvalue weighted by molar-refractivity contribution is 7.92. The first-order valence-electron chi connectivity index (χ1n) is 8.05. The van der Waals surface area contributed by atoms with Crippen LogP contribution in [0, 0.1) is 11.6 Å². The Morgan fingerprint density at radius 1 is 0.720 bits per heavy atom. The fourth-order valence-corrected chi connectivity index (χ4v) is 4.78. The topological polar surface area (TPSA) is 23.1 Å². The zero-order chi connectivity index (χ0) is 17.9. The van der Waals surface area contributed by atoms with Crippen molar-refractivity contribution in [2.45, 2.75) is 11.7 Å². The monoisotopic (exact) mass is 356 g/mol. The van der Waals surface area contributed by atoms with E-state index < -0.39 is 15.9 Å². The molecule has 1 unspecified atom stereocenters. The molecule has 3 aromatic carbocycles. The van der Waals surface area contributed by atoms with Crippen LogP contribution in [-0.2, 0) is 15.9 Å². The smallest absolute Gasteiger partial charge is 0.200 e. The van der Waals surface area contributed by atoms with E-state index in [2.05, 4.69) is 0 Å². The quantitative estimate of drug-likeness (QED) is 0.465. The first kappa shape index (κ1) is 17.6. The second-order valence-corrected chi connectivity index (χ2v) is 7.58. The minimum absolute atomic E-state index is 0.355. The Bertz CT molecular complexity index is 771. The summed E-state index contributed by atoms with van der Waals surface area (Å²) in [4.78, 5) is 0. The molecule has 0 N–H and O–H groups in total. The molecule has 128 valence electrons. The van der Waals surface area contributed by atoms with E-state index in [1.165, 1.54) is 24.3 Å². The van der Waals surface area contributed by atoms with E-state index in [9.17, 15) is 13.3 Å². The predicted octanol–water partition coefficient (Wildman–Crippen LogP) is 5.03. The lowest BCUT2D eigenvalue weighted by Gasteiger charge is -2.36. The molecule has 0 fully saturated rings. The summed E-state index contributed by atoms with van der Waals surface area (Å²) in [7, 11) is 0. The molecular weight excluding hydrogens is 338 g/mol. The maximum atomic E-state index is 13.5. The van der Waals surface area contributed by atoms with Crippen LogP contribution in [0.5, 0.6) is 0 Å². The summed E-state index contributed by atoms with van der Waals surface area (Å²) in [5, 5.41) is 0. The third-order valence-electron chi connectivity index (χ3n) is 4.29. The van der Waals surface area contributed by atoms with Crippen LogP contribution in [-0.4, -0.2) is 10.3 Å². The molecule has 25 heavy (non-hydrogen) atoms. The van der Waals surface area contributed by atoms with Crippen molar-refractivity contribution in [2.75, 3.05) is 5.75 Å². The molecule has 0 saturated carbocycles. The Labute approximate surface area is 149 Å². The first-order valence-corrected chi connectivity index (χ1v) is 9.37. The minimum Gasteiger partial charge on any atom is -0.615 e. The van der Waals surface area contributed by atoms with Gasteiger partial charge < -0.3 is 4.55 Å². The largest absolute Gasteiger partial charge is 0.615 e. The van der Waals surface area contributed by atoms with Gasteiger partial charge in [-0.3, -0.25) is 0 Å². The fraction of sp³-hybridized carbons (Fsp3) is 0.143. The van der Waals surface area contributed by atoms with Gasteiger partial charge in [-0.1, -0.05) is 54.6 Å². The average Bonchev–Trinajstić information content (AvgIpc) is 2.65. The van der Waals surface area contributed by atoms with E-state index in [1.54, 1.807) is 24.3 Å². The van der Waals surface area contributed by atoms with Gasteiger partial charge in [-0.25, -0.2) is 8.78 Å². The molecular formula is C21H18F2OS. The Morgan fingerprint density at radius 2 is 1.12 bits per heavy atom. The van der Waals surface area contributed by atoms with Crippen molar-refractivity contribution in [3.05, 3.63) is 107 Å². The second-order valence-electron chi connectivity index (χ2n) is 5.70. The van der Waals surface area contributed by atoms with Gasteiger partial charge in [0.05, 0.1) is 0 Å². The van der Waals surface area contributed by atoms with Crippen LogP contribution in [0.2, 0.25) is 0 Å². The zero-order valence-electron chi connectivity index (χ0n) is 13.8. The number of benzene rings is 3. The van der Waals surface area contributed by atoms with Crippen molar-refractivity contribution in [1.82, 2.24) is 0 Å². The second kappa shape index (κ2) is 7.38. The Hall–Kier alpha value is -2.17. The molecule has 0 heterocycles. The van der Waals surface area contributed by atoms with Gasteiger partial charge in [0.1, 0.15) is 17.4 Å². The number of rotatable bonds is 5. The van der Waals surface area contributed by atoms with Crippen LogP contribution in [0.25, 0.3) is 0 Å². The summed E-state index contributed by atoms with van der Waals surface area (Å²) >= 11 is -1.33. The zero-order valence-corrected chi connectivity index (χ0v) is 14.6. The van der Waals surface area contributed by atoms with E-state index in [0.717, 1.165) is 5.56 Å². The predicted molar refractivity (Wildman–Crippen MR) is 97.8 cm³/mol. The summed E-state index contributed by atoms with van der Waals surface area (Å²) < 4.78 is 39.3. The summed E-state index contributed by atoms with van der Waals surface area (Å²) in [5.41, 5.74) is 2.26. The van der Waals surface area contributed by atoms with Gasteiger partial charge >= 0.3 is 0 Å². The lowest BCUT2D eigenvalue weighted by molar-refractivity contribution is 0.571. The third-order valence-corrected chi connectivity index (χ3v) is 6.20. The number of hydrogen-bond donors (Lipinski definition) is 0. The summed E-state index contributed by atoms with van der Waals surface area (Å²) in [6, 6.07) is 21.5. The highest BCUT2D eigenvalue weighted by Gasteiger charge is 2.47. The molecule has 0 aliphatic heterocycles. The van der Waals surface area contributed by atoms with Gasteiger partial charge in [0, 0.05) is 16.7 Å². The lowest BCUT2D eigenvalue weighted by Crippen LogP contribution is -2.39. The molecule has 0 aliphatic rings. The average molecular weight is 356 g/mol. The molecule has 0 radical (unpaired) electrons. The van der Waals surface area contributed by atoms with Gasteiger partial charge in [0.2, 0.25) is 4.75 Å². The molecule has 4 heteroatoms.